The summed E-state index contributed by atoms with van der Waals surface area (Å²) in [4.78, 5) is 18.1. The first-order valence-corrected chi connectivity index (χ1v) is 47.4. The average molecular weight is 1850 g/mol. The molecule has 1 aliphatic carbocycles. The number of fused-ring (bicyclic) bond motifs is 6. The molecule has 0 bridgehead atoms. The monoisotopic (exact) mass is 1850 g/mol. The number of halogens is 1. The summed E-state index contributed by atoms with van der Waals surface area (Å²) >= 11 is 0. The molecule has 700 valence electrons. The normalized spacial score (nSPS) is 12.5. The topological polar surface area (TPSA) is 205 Å². The Kier molecular flexibility index (Phi) is 27.9. The van der Waals surface area contributed by atoms with Crippen molar-refractivity contribution in [2.24, 2.45) is 0 Å². The summed E-state index contributed by atoms with van der Waals surface area (Å²) in [6.45, 7) is 25.0. The second kappa shape index (κ2) is 41.6. The van der Waals surface area contributed by atoms with Gasteiger partial charge in [-0.25, -0.2) is 29.0 Å². The fourth-order valence-corrected chi connectivity index (χ4v) is 17.0. The maximum absolute atomic E-state index is 13.2. The summed E-state index contributed by atoms with van der Waals surface area (Å²) in [5, 5.41) is 28.7. The van der Waals surface area contributed by atoms with Crippen LogP contribution >= 0.6 is 0 Å². The van der Waals surface area contributed by atoms with Gasteiger partial charge < -0.3 is 43.4 Å². The Balaban J connectivity index is 0.000000115. The van der Waals surface area contributed by atoms with Crippen LogP contribution in [0.15, 0.2) is 353 Å². The number of aromatic nitrogens is 11. The highest BCUT2D eigenvalue weighted by Crippen LogP contribution is 2.43. The molecule has 10 heterocycles. The minimum atomic E-state index is -0.620. The third-order valence-electron chi connectivity index (χ3n) is 23.9. The van der Waals surface area contributed by atoms with Crippen LogP contribution in [-0.4, -0.2) is 106 Å². The summed E-state index contributed by atoms with van der Waals surface area (Å²) in [7, 11) is 0. The Morgan fingerprint density at radius 2 is 0.626 bits per heavy atom. The van der Waals surface area contributed by atoms with Gasteiger partial charge in [-0.15, -0.1) is 5.10 Å². The van der Waals surface area contributed by atoms with Crippen LogP contribution in [0.5, 0.6) is 46.0 Å². The molecular formula is C118H112FN11O9. The molecule has 1 fully saturated rings. The number of aliphatic hydroxyl groups is 1. The highest BCUT2D eigenvalue weighted by Gasteiger charge is 2.36. The van der Waals surface area contributed by atoms with Crippen molar-refractivity contribution >= 4 is 33.6 Å². The van der Waals surface area contributed by atoms with E-state index in [1.165, 1.54) is 17.7 Å². The number of nitrogens with zero attached hydrogens (tertiary/aromatic N) is 11. The number of imidazole rings is 4. The average Bonchev–Trinajstić information content (AvgIpc) is 1.62. The molecule has 0 saturated heterocycles. The molecule has 20 aromatic rings. The minimum absolute atomic E-state index is 0.146. The van der Waals surface area contributed by atoms with Gasteiger partial charge in [0.15, 0.2) is 0 Å². The van der Waals surface area contributed by atoms with E-state index >= 15 is 0 Å². The first-order chi connectivity index (χ1) is 67.4. The third kappa shape index (κ3) is 22.2. The van der Waals surface area contributed by atoms with Crippen LogP contribution in [0.3, 0.4) is 0 Å². The van der Waals surface area contributed by atoms with Crippen LogP contribution in [-0.2, 0) is 12.0 Å². The summed E-state index contributed by atoms with van der Waals surface area (Å²) in [5.74, 6) is 6.23. The summed E-state index contributed by atoms with van der Waals surface area (Å²) in [5.41, 5.74) is 27.5. The lowest BCUT2D eigenvalue weighted by molar-refractivity contribution is -0.0387. The molecule has 9 aromatic heterocycles. The van der Waals surface area contributed by atoms with E-state index in [2.05, 4.69) is 176 Å². The molecular weight excluding hydrogens is 1730 g/mol. The molecule has 11 aromatic carbocycles. The van der Waals surface area contributed by atoms with E-state index in [0.717, 1.165) is 218 Å². The zero-order chi connectivity index (χ0) is 96.4. The van der Waals surface area contributed by atoms with Crippen molar-refractivity contribution < 1.29 is 47.8 Å². The molecule has 21 heteroatoms. The molecule has 2 aliphatic rings. The summed E-state index contributed by atoms with van der Waals surface area (Å²) in [6.07, 6.45) is 20.7. The van der Waals surface area contributed by atoms with Crippen LogP contribution in [0, 0.1) is 5.82 Å². The zero-order valence-electron chi connectivity index (χ0n) is 80.0. The van der Waals surface area contributed by atoms with Crippen molar-refractivity contribution in [1.29, 1.82) is 0 Å². The van der Waals surface area contributed by atoms with Crippen LogP contribution in [0.25, 0.3) is 140 Å². The number of hydrogen-bond donors (Lipinski definition) is 2. The number of pyridine rings is 4. The van der Waals surface area contributed by atoms with Crippen LogP contribution in [0.1, 0.15) is 113 Å². The standard InChI is InChI=1S/C26H26N2O2.C24H25N3O2.C24H22N2O2.C22H19FN2O.C22H20N2O2/c1-18(2)30-23-11-6-20(7-12-23)24-16-27-25-13-8-21(17-28(24)25)19-4-9-22(10-5-19)26(29)14-3-15-26;1-16(2)28-21-10-5-18(6-11-21)19-7-14-23-24(15-19)27(26-25-23)20-8-12-22(13-9-20)29-17(3)4;1-16(2)28-21-7-3-17(4-8-21)20-6-10-24-25-14-22(26(24)15-20)18-5-9-23-19(13-18)11-12-27-23;1-15(2)26-20-10-5-17(6-11-20)21-13-24-22-12-7-18(14-25(21)22)16-3-8-19(23)9-4-16;1-15(2)26-20-10-5-17(6-11-20)21-13-23-22-12-7-18(14-24(21)22)16-3-8-19(25)9-4-16/h4-13,16-18,29H,3,14-15H2,1-2H3;5-17H,1-4H3;3-10,13-16H,11-12H2,1-2H3;3-15H,1-2H3;3-15,25H,1-2H3. The number of ether oxygens (including phenoxy) is 7. The van der Waals surface area contributed by atoms with Gasteiger partial charge in [0, 0.05) is 53.5 Å². The van der Waals surface area contributed by atoms with E-state index in [9.17, 15) is 14.6 Å². The lowest BCUT2D eigenvalue weighted by Gasteiger charge is -2.37. The molecule has 0 radical (unpaired) electrons. The lowest BCUT2D eigenvalue weighted by atomic mass is 9.75. The molecule has 0 spiro atoms. The molecule has 22 rings (SSSR count). The number of benzene rings is 11. The fourth-order valence-electron chi connectivity index (χ4n) is 17.0. The van der Waals surface area contributed by atoms with Gasteiger partial charge in [0.25, 0.3) is 0 Å². The second-order valence-electron chi connectivity index (χ2n) is 36.4. The van der Waals surface area contributed by atoms with Crippen LogP contribution < -0.4 is 33.2 Å². The molecule has 2 N–H and O–H groups in total. The van der Waals surface area contributed by atoms with Gasteiger partial charge in [-0.2, -0.15) is 0 Å². The molecule has 20 nitrogen and oxygen atoms in total. The third-order valence-corrected chi connectivity index (χ3v) is 23.9. The van der Waals surface area contributed by atoms with Gasteiger partial charge in [-0.1, -0.05) is 84.1 Å². The molecule has 1 saturated carbocycles. The van der Waals surface area contributed by atoms with E-state index in [1.54, 1.807) is 24.3 Å². The van der Waals surface area contributed by atoms with Crippen molar-refractivity contribution in [2.45, 2.75) is 151 Å². The fraction of sp³-hybridized carbons (Fsp3) is 0.203. The molecule has 1 aliphatic heterocycles. The summed E-state index contributed by atoms with van der Waals surface area (Å²) in [6, 6.07) is 99.5. The highest BCUT2D eigenvalue weighted by molar-refractivity contribution is 5.84. The van der Waals surface area contributed by atoms with Crippen molar-refractivity contribution in [3.8, 4) is 152 Å². The Labute approximate surface area is 808 Å². The van der Waals surface area contributed by atoms with Crippen molar-refractivity contribution in [3.05, 3.63) is 370 Å². The van der Waals surface area contributed by atoms with E-state index < -0.39 is 5.60 Å². The quantitative estimate of drug-likeness (QED) is 0.0611. The van der Waals surface area contributed by atoms with Gasteiger partial charge in [0.1, 0.15) is 79.9 Å². The SMILES string of the molecule is CC(C)Oc1ccc(-c2ccc3ncc(-c4ccc5c(c4)CCO5)n3c2)cc1.CC(C)Oc1ccc(-c2ccc3nnn(-c4ccc(OC(C)C)cc4)c3c2)cc1.CC(C)Oc1ccc(-c2cnc3ccc(-c4ccc(C5(O)CCC5)cc4)cn23)cc1.CC(C)Oc1ccc(-c2cnc3ccc(-c4ccc(F)cc4)cn23)cc1.CC(C)Oc1ccc(-c2cnc3ccc(-c4ccc(O)cc4)cn23)cc1. The first kappa shape index (κ1) is 93.3. The smallest absolute Gasteiger partial charge is 0.137 e. The largest absolute Gasteiger partial charge is 0.508 e. The van der Waals surface area contributed by atoms with Crippen LogP contribution in [0.4, 0.5) is 4.39 Å². The van der Waals surface area contributed by atoms with Gasteiger partial charge in [-0.3, -0.25) is 17.6 Å². The number of phenolic OH excluding ortho intramolecular Hbond substituents is 1. The number of aromatic hydroxyl groups is 1. The van der Waals surface area contributed by atoms with Crippen molar-refractivity contribution in [3.63, 3.8) is 0 Å². The molecule has 139 heavy (non-hydrogen) atoms. The predicted molar refractivity (Wildman–Crippen MR) is 552 cm³/mol. The summed E-state index contributed by atoms with van der Waals surface area (Å²) < 4.78 is 63.5. The van der Waals surface area contributed by atoms with E-state index in [4.69, 9.17) is 33.2 Å². The lowest BCUT2D eigenvalue weighted by Crippen LogP contribution is -2.33. The van der Waals surface area contributed by atoms with Crippen molar-refractivity contribution in [2.75, 3.05) is 6.61 Å². The van der Waals surface area contributed by atoms with Gasteiger partial charge >= 0.3 is 0 Å². The van der Waals surface area contributed by atoms with E-state index in [1.807, 2.05) is 276 Å². The van der Waals surface area contributed by atoms with Gasteiger partial charge in [0.05, 0.1) is 108 Å². The first-order valence-electron chi connectivity index (χ1n) is 47.4. The zero-order valence-corrected chi connectivity index (χ0v) is 80.0. The number of hydrogen-bond acceptors (Lipinski definition) is 15. The van der Waals surface area contributed by atoms with E-state index in [0.29, 0.717) is 0 Å². The Morgan fingerprint density at radius 1 is 0.324 bits per heavy atom. The van der Waals surface area contributed by atoms with Crippen LogP contribution in [0.2, 0.25) is 0 Å². The van der Waals surface area contributed by atoms with Gasteiger partial charge in [-0.05, 0) is 394 Å². The Hall–Kier alpha value is -16.1. The molecule has 0 atom stereocenters. The maximum atomic E-state index is 13.2. The Bertz CT molecular complexity index is 7400. The highest BCUT2D eigenvalue weighted by atomic mass is 19.1. The Morgan fingerprint density at radius 3 is 0.978 bits per heavy atom. The van der Waals surface area contributed by atoms with Gasteiger partial charge in [0.2, 0.25) is 0 Å². The number of rotatable bonds is 23. The second-order valence-corrected chi connectivity index (χ2v) is 36.4. The minimum Gasteiger partial charge on any atom is -0.508 e. The van der Waals surface area contributed by atoms with Crippen molar-refractivity contribution in [1.82, 2.24) is 52.5 Å². The number of phenols is 1. The maximum Gasteiger partial charge on any atom is 0.137 e. The van der Waals surface area contributed by atoms with E-state index in [-0.39, 0.29) is 48.2 Å². The molecule has 0 unspecified atom stereocenters. The molecule has 0 amide bonds. The predicted octanol–water partition coefficient (Wildman–Crippen LogP) is 27.6.